The van der Waals surface area contributed by atoms with Crippen LogP contribution >= 0.6 is 0 Å². The third kappa shape index (κ3) is 2.13. The molecule has 1 aromatic heterocycles. The number of hydrogen-bond donors (Lipinski definition) is 1. The summed E-state index contributed by atoms with van der Waals surface area (Å²) in [7, 11) is 0. The Balaban J connectivity index is 2.08. The maximum absolute atomic E-state index is 12.4. The molecule has 0 amide bonds. The number of halogens is 1. The smallest absolute Gasteiger partial charge is 0.337 e. The number of carboxylic acids is 1. The molecule has 1 aliphatic heterocycles. The van der Waals surface area contributed by atoms with Gasteiger partial charge in [-0.1, -0.05) is 0 Å². The lowest BCUT2D eigenvalue weighted by Crippen LogP contribution is -2.21. The van der Waals surface area contributed by atoms with Gasteiger partial charge in [-0.15, -0.1) is 0 Å². The van der Waals surface area contributed by atoms with Gasteiger partial charge >= 0.3 is 5.97 Å². The van der Waals surface area contributed by atoms with Crippen LogP contribution in [-0.2, 0) is 0 Å². The Morgan fingerprint density at radius 3 is 2.94 bits per heavy atom. The van der Waals surface area contributed by atoms with Crippen molar-refractivity contribution in [2.75, 3.05) is 24.7 Å². The number of nitrogens with zero attached hydrogens (tertiary/aromatic N) is 2. The van der Waals surface area contributed by atoms with Crippen LogP contribution in [0.3, 0.4) is 0 Å². The highest BCUT2D eigenvalue weighted by molar-refractivity contribution is 5.87. The molecule has 0 aromatic carbocycles. The van der Waals surface area contributed by atoms with E-state index in [9.17, 15) is 9.18 Å². The summed E-state index contributed by atoms with van der Waals surface area (Å²) in [5.41, 5.74) is 0.171. The van der Waals surface area contributed by atoms with E-state index in [4.69, 9.17) is 5.11 Å². The Morgan fingerprint density at radius 2 is 2.44 bits per heavy atom. The Labute approximate surface area is 92.7 Å². The molecule has 1 N–H and O–H groups in total. The molecule has 0 bridgehead atoms. The van der Waals surface area contributed by atoms with Crippen LogP contribution in [0.25, 0.3) is 0 Å². The molecule has 1 unspecified atom stereocenters. The largest absolute Gasteiger partial charge is 0.478 e. The average molecular weight is 224 g/mol. The highest BCUT2D eigenvalue weighted by atomic mass is 19.1. The second-order valence-electron chi connectivity index (χ2n) is 3.97. The number of aromatic nitrogens is 1. The normalized spacial score (nSPS) is 20.1. The van der Waals surface area contributed by atoms with E-state index in [1.165, 1.54) is 12.3 Å². The predicted octanol–water partition coefficient (Wildman–Crippen LogP) is 1.58. The van der Waals surface area contributed by atoms with Gasteiger partial charge in [0.05, 0.1) is 12.2 Å². The molecule has 0 radical (unpaired) electrons. The Hall–Kier alpha value is -1.65. The first-order valence-electron chi connectivity index (χ1n) is 5.21. The molecule has 2 rings (SSSR count). The first-order chi connectivity index (χ1) is 7.70. The fraction of sp³-hybridized carbons (Fsp3) is 0.455. The van der Waals surface area contributed by atoms with Gasteiger partial charge in [0.25, 0.3) is 0 Å². The number of anilines is 1. The minimum absolute atomic E-state index is 0.0842. The molecule has 1 aliphatic rings. The van der Waals surface area contributed by atoms with Crippen molar-refractivity contribution in [3.8, 4) is 0 Å². The van der Waals surface area contributed by atoms with Gasteiger partial charge in [-0.05, 0) is 18.6 Å². The summed E-state index contributed by atoms with van der Waals surface area (Å²) in [5.74, 6) is -0.177. The van der Waals surface area contributed by atoms with E-state index in [-0.39, 0.29) is 18.2 Å². The standard InChI is InChI=1S/C11H13FN2O2/c12-5-8-3-4-14(7-8)10-2-1-9(6-13-10)11(15)16/h1-2,6,8H,3-5,7H2,(H,15,16). The van der Waals surface area contributed by atoms with Crippen molar-refractivity contribution < 1.29 is 14.3 Å². The Bertz CT molecular complexity index is 380. The Kier molecular flexibility index (Phi) is 3.03. The molecule has 2 heterocycles. The van der Waals surface area contributed by atoms with Gasteiger partial charge in [0.1, 0.15) is 5.82 Å². The van der Waals surface area contributed by atoms with E-state index < -0.39 is 5.97 Å². The van der Waals surface area contributed by atoms with Crippen LogP contribution in [-0.4, -0.2) is 35.8 Å². The topological polar surface area (TPSA) is 53.4 Å². The first kappa shape index (κ1) is 10.9. The van der Waals surface area contributed by atoms with Crippen LogP contribution < -0.4 is 4.90 Å². The van der Waals surface area contributed by atoms with Gasteiger partial charge in [0.2, 0.25) is 0 Å². The predicted molar refractivity (Wildman–Crippen MR) is 57.5 cm³/mol. The van der Waals surface area contributed by atoms with Crippen LogP contribution in [0.4, 0.5) is 10.2 Å². The molecule has 1 fully saturated rings. The summed E-state index contributed by atoms with van der Waals surface area (Å²) in [6.45, 7) is 1.15. The summed E-state index contributed by atoms with van der Waals surface area (Å²) in [6, 6.07) is 3.19. The van der Waals surface area contributed by atoms with E-state index >= 15 is 0 Å². The summed E-state index contributed by atoms with van der Waals surface area (Å²) < 4.78 is 12.4. The van der Waals surface area contributed by atoms with E-state index in [2.05, 4.69) is 4.98 Å². The molecule has 1 atom stereocenters. The van der Waals surface area contributed by atoms with Gasteiger partial charge in [0.15, 0.2) is 0 Å². The zero-order valence-electron chi connectivity index (χ0n) is 8.77. The number of alkyl halides is 1. The van der Waals surface area contributed by atoms with Crippen molar-refractivity contribution in [2.45, 2.75) is 6.42 Å². The molecule has 1 saturated heterocycles. The minimum atomic E-state index is -0.984. The lowest BCUT2D eigenvalue weighted by atomic mass is 10.1. The van der Waals surface area contributed by atoms with Crippen molar-refractivity contribution in [3.63, 3.8) is 0 Å². The molecule has 0 aliphatic carbocycles. The summed E-state index contributed by atoms with van der Waals surface area (Å²) in [4.78, 5) is 16.7. The first-order valence-corrected chi connectivity index (χ1v) is 5.21. The lowest BCUT2D eigenvalue weighted by Gasteiger charge is -2.16. The third-order valence-corrected chi connectivity index (χ3v) is 2.82. The monoisotopic (exact) mass is 224 g/mol. The van der Waals surface area contributed by atoms with Crippen LogP contribution in [0.15, 0.2) is 18.3 Å². The molecule has 86 valence electrons. The number of rotatable bonds is 3. The second-order valence-corrected chi connectivity index (χ2v) is 3.97. The molecular formula is C11H13FN2O2. The Morgan fingerprint density at radius 1 is 1.62 bits per heavy atom. The van der Waals surface area contributed by atoms with E-state index in [0.717, 1.165) is 18.8 Å². The summed E-state index contributed by atoms with van der Waals surface area (Å²) >= 11 is 0. The fourth-order valence-corrected chi connectivity index (χ4v) is 1.87. The van der Waals surface area contributed by atoms with Gasteiger partial charge in [-0.3, -0.25) is 4.39 Å². The molecule has 0 spiro atoms. The van der Waals surface area contributed by atoms with E-state index in [0.29, 0.717) is 6.54 Å². The van der Waals surface area contributed by atoms with Gasteiger partial charge < -0.3 is 10.0 Å². The molecular weight excluding hydrogens is 211 g/mol. The third-order valence-electron chi connectivity index (χ3n) is 2.82. The average Bonchev–Trinajstić information content (AvgIpc) is 2.77. The maximum Gasteiger partial charge on any atom is 0.337 e. The van der Waals surface area contributed by atoms with Crippen molar-refractivity contribution in [1.82, 2.24) is 4.98 Å². The number of aromatic carboxylic acids is 1. The van der Waals surface area contributed by atoms with Crippen molar-refractivity contribution in [3.05, 3.63) is 23.9 Å². The maximum atomic E-state index is 12.4. The van der Waals surface area contributed by atoms with Crippen molar-refractivity contribution in [1.29, 1.82) is 0 Å². The summed E-state index contributed by atoms with van der Waals surface area (Å²) in [6.07, 6.45) is 2.17. The second kappa shape index (κ2) is 4.47. The number of hydrogen-bond acceptors (Lipinski definition) is 3. The van der Waals surface area contributed by atoms with Gasteiger partial charge in [-0.2, -0.15) is 0 Å². The van der Waals surface area contributed by atoms with Gasteiger partial charge in [0, 0.05) is 25.2 Å². The molecule has 16 heavy (non-hydrogen) atoms. The van der Waals surface area contributed by atoms with E-state index in [1.54, 1.807) is 6.07 Å². The highest BCUT2D eigenvalue weighted by Crippen LogP contribution is 2.22. The molecule has 1 aromatic rings. The molecule has 4 nitrogen and oxygen atoms in total. The van der Waals surface area contributed by atoms with Crippen molar-refractivity contribution in [2.24, 2.45) is 5.92 Å². The van der Waals surface area contributed by atoms with E-state index in [1.807, 2.05) is 4.90 Å². The zero-order valence-corrected chi connectivity index (χ0v) is 8.77. The van der Waals surface area contributed by atoms with Crippen LogP contribution in [0.1, 0.15) is 16.8 Å². The zero-order chi connectivity index (χ0) is 11.5. The van der Waals surface area contributed by atoms with Crippen molar-refractivity contribution >= 4 is 11.8 Å². The lowest BCUT2D eigenvalue weighted by molar-refractivity contribution is 0.0696. The fourth-order valence-electron chi connectivity index (χ4n) is 1.87. The minimum Gasteiger partial charge on any atom is -0.478 e. The SMILES string of the molecule is O=C(O)c1ccc(N2CCC(CF)C2)nc1. The highest BCUT2D eigenvalue weighted by Gasteiger charge is 2.23. The van der Waals surface area contributed by atoms with Gasteiger partial charge in [-0.25, -0.2) is 9.78 Å². The number of carboxylic acid groups (broad SMARTS) is 1. The summed E-state index contributed by atoms with van der Waals surface area (Å²) in [5, 5.41) is 8.72. The number of pyridine rings is 1. The molecule has 0 saturated carbocycles. The molecule has 5 heteroatoms. The van der Waals surface area contributed by atoms with Crippen LogP contribution in [0.5, 0.6) is 0 Å². The number of carbonyl (C=O) groups is 1. The van der Waals surface area contributed by atoms with Crippen LogP contribution in [0, 0.1) is 5.92 Å². The quantitative estimate of drug-likeness (QED) is 0.846. The van der Waals surface area contributed by atoms with Crippen LogP contribution in [0.2, 0.25) is 0 Å².